The topological polar surface area (TPSA) is 49.9 Å². The average Bonchev–Trinajstić information content (AvgIpc) is 2.82. The number of rotatable bonds is 6. The molecule has 1 heterocycles. The van der Waals surface area contributed by atoms with Crippen LogP contribution in [0.1, 0.15) is 48.0 Å². The Morgan fingerprint density at radius 1 is 1.29 bits per heavy atom. The molecular weight excluding hydrogens is 262 g/mol. The highest BCUT2D eigenvalue weighted by atomic mass is 16.5. The van der Waals surface area contributed by atoms with Crippen molar-refractivity contribution in [3.63, 3.8) is 0 Å². The number of ether oxygens (including phenoxy) is 1. The lowest BCUT2D eigenvalue weighted by molar-refractivity contribution is 0.219. The van der Waals surface area contributed by atoms with Crippen molar-refractivity contribution in [1.29, 1.82) is 0 Å². The average molecular weight is 287 g/mol. The zero-order valence-corrected chi connectivity index (χ0v) is 13.6. The smallest absolute Gasteiger partial charge is 0.140 e. The molecule has 1 unspecified atom stereocenters. The molecule has 0 spiro atoms. The summed E-state index contributed by atoms with van der Waals surface area (Å²) in [5, 5.41) is 10.9. The van der Waals surface area contributed by atoms with Gasteiger partial charge in [-0.25, -0.2) is 0 Å². The Labute approximate surface area is 126 Å². The maximum Gasteiger partial charge on any atom is 0.140 e. The summed E-state index contributed by atoms with van der Waals surface area (Å²) in [4.78, 5) is 0. The van der Waals surface area contributed by atoms with Crippen molar-refractivity contribution in [2.45, 2.75) is 47.3 Å². The van der Waals surface area contributed by atoms with Gasteiger partial charge in [-0.05, 0) is 51.4 Å². The number of aromatic nitrogens is 2. The first-order chi connectivity index (χ1) is 10.0. The monoisotopic (exact) mass is 287 g/mol. The van der Waals surface area contributed by atoms with Crippen LogP contribution in [0.3, 0.4) is 0 Å². The fraction of sp³-hybridized carbons (Fsp3) is 0.471. The molecule has 0 aliphatic carbocycles. The van der Waals surface area contributed by atoms with Gasteiger partial charge in [0.2, 0.25) is 0 Å². The molecule has 0 saturated carbocycles. The Morgan fingerprint density at radius 3 is 2.76 bits per heavy atom. The van der Waals surface area contributed by atoms with Crippen molar-refractivity contribution >= 4 is 0 Å². The van der Waals surface area contributed by atoms with Gasteiger partial charge in [-0.3, -0.25) is 5.10 Å². The second-order valence-electron chi connectivity index (χ2n) is 5.52. The lowest BCUT2D eigenvalue weighted by atomic mass is 10.1. The lowest BCUT2D eigenvalue weighted by Crippen LogP contribution is -2.15. The molecule has 0 saturated heterocycles. The van der Waals surface area contributed by atoms with Crippen molar-refractivity contribution in [1.82, 2.24) is 15.5 Å². The third-order valence-corrected chi connectivity index (χ3v) is 3.69. The molecule has 114 valence electrons. The van der Waals surface area contributed by atoms with Crippen LogP contribution in [-0.4, -0.2) is 16.7 Å². The van der Waals surface area contributed by atoms with Gasteiger partial charge < -0.3 is 10.1 Å². The molecule has 4 nitrogen and oxygen atoms in total. The third-order valence-electron chi connectivity index (χ3n) is 3.69. The Kier molecular flexibility index (Phi) is 5.02. The summed E-state index contributed by atoms with van der Waals surface area (Å²) >= 11 is 0. The van der Waals surface area contributed by atoms with Crippen molar-refractivity contribution in [2.24, 2.45) is 0 Å². The number of nitrogens with one attached hydrogen (secondary N) is 2. The predicted molar refractivity (Wildman–Crippen MR) is 85.7 cm³/mol. The Morgan fingerprint density at radius 2 is 2.05 bits per heavy atom. The quantitative estimate of drug-likeness (QED) is 0.853. The summed E-state index contributed by atoms with van der Waals surface area (Å²) in [6, 6.07) is 6.27. The van der Waals surface area contributed by atoms with Gasteiger partial charge in [0.15, 0.2) is 0 Å². The van der Waals surface area contributed by atoms with Crippen LogP contribution in [-0.2, 0) is 6.54 Å². The summed E-state index contributed by atoms with van der Waals surface area (Å²) in [6.45, 7) is 12.1. The van der Waals surface area contributed by atoms with Crippen LogP contribution in [0.25, 0.3) is 0 Å². The zero-order chi connectivity index (χ0) is 15.4. The van der Waals surface area contributed by atoms with E-state index in [0.717, 1.165) is 35.8 Å². The molecule has 0 aliphatic heterocycles. The highest BCUT2D eigenvalue weighted by Crippen LogP contribution is 2.27. The summed E-state index contributed by atoms with van der Waals surface area (Å²) < 4.78 is 6.14. The fourth-order valence-corrected chi connectivity index (χ4v) is 2.36. The fourth-order valence-electron chi connectivity index (χ4n) is 2.36. The van der Waals surface area contributed by atoms with Crippen LogP contribution in [0, 0.1) is 20.8 Å². The SMILES string of the molecule is CCNCc1c(C(C)Oc2cc(C)ccc2C)n[nH]c1C. The van der Waals surface area contributed by atoms with E-state index in [1.54, 1.807) is 0 Å². The first-order valence-electron chi connectivity index (χ1n) is 7.51. The van der Waals surface area contributed by atoms with Gasteiger partial charge in [-0.2, -0.15) is 5.10 Å². The normalized spacial score (nSPS) is 12.4. The van der Waals surface area contributed by atoms with Gasteiger partial charge in [0.05, 0.1) is 0 Å². The standard InChI is InChI=1S/C17H25N3O/c1-6-18-10-15-13(4)19-20-17(15)14(5)21-16-9-11(2)7-8-12(16)3/h7-9,14,18H,6,10H2,1-5H3,(H,19,20). The van der Waals surface area contributed by atoms with Crippen LogP contribution in [0.5, 0.6) is 5.75 Å². The predicted octanol–water partition coefficient (Wildman–Crippen LogP) is 3.58. The lowest BCUT2D eigenvalue weighted by Gasteiger charge is -2.17. The number of benzene rings is 1. The Bertz CT molecular complexity index is 604. The molecule has 0 aliphatic rings. The van der Waals surface area contributed by atoms with Crippen LogP contribution < -0.4 is 10.1 Å². The summed E-state index contributed by atoms with van der Waals surface area (Å²) in [5.41, 5.74) is 5.63. The molecule has 2 rings (SSSR count). The summed E-state index contributed by atoms with van der Waals surface area (Å²) in [6.07, 6.45) is -0.0795. The zero-order valence-electron chi connectivity index (χ0n) is 13.6. The maximum absolute atomic E-state index is 6.14. The minimum Gasteiger partial charge on any atom is -0.484 e. The van der Waals surface area contributed by atoms with Crippen LogP contribution in [0.2, 0.25) is 0 Å². The number of aryl methyl sites for hydroxylation is 3. The highest BCUT2D eigenvalue weighted by Gasteiger charge is 2.18. The summed E-state index contributed by atoms with van der Waals surface area (Å²) in [7, 11) is 0. The van der Waals surface area contributed by atoms with E-state index in [0.29, 0.717) is 0 Å². The van der Waals surface area contributed by atoms with Crippen molar-refractivity contribution in [2.75, 3.05) is 6.54 Å². The van der Waals surface area contributed by atoms with E-state index in [2.05, 4.69) is 54.5 Å². The largest absolute Gasteiger partial charge is 0.484 e. The van der Waals surface area contributed by atoms with Gasteiger partial charge in [0, 0.05) is 17.8 Å². The number of hydrogen-bond donors (Lipinski definition) is 2. The van der Waals surface area contributed by atoms with Gasteiger partial charge in [-0.15, -0.1) is 0 Å². The third kappa shape index (κ3) is 3.64. The van der Waals surface area contributed by atoms with E-state index in [1.165, 1.54) is 11.1 Å². The van der Waals surface area contributed by atoms with E-state index < -0.39 is 0 Å². The van der Waals surface area contributed by atoms with Crippen molar-refractivity contribution < 1.29 is 4.74 Å². The van der Waals surface area contributed by atoms with Crippen molar-refractivity contribution in [3.8, 4) is 5.75 Å². The maximum atomic E-state index is 6.14. The molecule has 1 aromatic carbocycles. The molecule has 21 heavy (non-hydrogen) atoms. The Hall–Kier alpha value is -1.81. The van der Waals surface area contributed by atoms with Gasteiger partial charge in [-0.1, -0.05) is 19.1 Å². The number of H-pyrrole nitrogens is 1. The second kappa shape index (κ2) is 6.76. The van der Waals surface area contributed by atoms with Gasteiger partial charge >= 0.3 is 0 Å². The second-order valence-corrected chi connectivity index (χ2v) is 5.52. The molecule has 0 fully saturated rings. The molecule has 4 heteroatoms. The van der Waals surface area contributed by atoms with E-state index in [-0.39, 0.29) is 6.10 Å². The first-order valence-corrected chi connectivity index (χ1v) is 7.51. The number of hydrogen-bond acceptors (Lipinski definition) is 3. The van der Waals surface area contributed by atoms with E-state index in [9.17, 15) is 0 Å². The number of nitrogens with zero attached hydrogens (tertiary/aromatic N) is 1. The molecule has 0 bridgehead atoms. The minimum atomic E-state index is -0.0795. The minimum absolute atomic E-state index is 0.0795. The van der Waals surface area contributed by atoms with Crippen LogP contribution in [0.4, 0.5) is 0 Å². The molecule has 0 amide bonds. The molecule has 1 aromatic heterocycles. The van der Waals surface area contributed by atoms with Gasteiger partial charge in [0.1, 0.15) is 17.5 Å². The Balaban J connectivity index is 2.20. The van der Waals surface area contributed by atoms with E-state index in [1.807, 2.05) is 13.8 Å². The van der Waals surface area contributed by atoms with E-state index >= 15 is 0 Å². The van der Waals surface area contributed by atoms with Gasteiger partial charge in [0.25, 0.3) is 0 Å². The first kappa shape index (κ1) is 15.6. The summed E-state index contributed by atoms with van der Waals surface area (Å²) in [5.74, 6) is 0.928. The van der Waals surface area contributed by atoms with E-state index in [4.69, 9.17) is 4.74 Å². The van der Waals surface area contributed by atoms with Crippen LogP contribution in [0.15, 0.2) is 18.2 Å². The molecule has 0 radical (unpaired) electrons. The molecule has 1 atom stereocenters. The van der Waals surface area contributed by atoms with Crippen molar-refractivity contribution in [3.05, 3.63) is 46.3 Å². The highest BCUT2D eigenvalue weighted by molar-refractivity contribution is 5.37. The molecule has 2 N–H and O–H groups in total. The number of aromatic amines is 1. The molecular formula is C17H25N3O. The van der Waals surface area contributed by atoms with Crippen LogP contribution >= 0.6 is 0 Å². The molecule has 2 aromatic rings.